The first-order valence-corrected chi connectivity index (χ1v) is 25.3. The van der Waals surface area contributed by atoms with Crippen molar-refractivity contribution in [1.82, 2.24) is 18.7 Å². The summed E-state index contributed by atoms with van der Waals surface area (Å²) in [4.78, 5) is 27.8. The van der Waals surface area contributed by atoms with Crippen molar-refractivity contribution in [3.63, 3.8) is 0 Å². The lowest BCUT2D eigenvalue weighted by Crippen LogP contribution is -2.42. The van der Waals surface area contributed by atoms with Crippen LogP contribution >= 0.6 is 0 Å². The van der Waals surface area contributed by atoms with Crippen molar-refractivity contribution >= 4 is 44.7 Å². The summed E-state index contributed by atoms with van der Waals surface area (Å²) in [5, 5.41) is 13.5. The Hall–Kier alpha value is -6.36. The molecule has 6 nitrogen and oxygen atoms in total. The Kier molecular flexibility index (Phi) is 12.4. The van der Waals surface area contributed by atoms with E-state index in [0.29, 0.717) is 11.8 Å². The summed E-state index contributed by atoms with van der Waals surface area (Å²) < 4.78 is 10.1. The first-order chi connectivity index (χ1) is 32.5. The van der Waals surface area contributed by atoms with Gasteiger partial charge < -0.3 is 10.6 Å². The van der Waals surface area contributed by atoms with E-state index in [0.717, 1.165) is 58.7 Å². The van der Waals surface area contributed by atoms with Crippen LogP contribution in [0, 0.1) is 35.5 Å². The summed E-state index contributed by atoms with van der Waals surface area (Å²) in [7, 11) is 0. The van der Waals surface area contributed by atoms with Gasteiger partial charge in [-0.25, -0.2) is 0 Å². The number of carbonyl (C=O) groups is 2. The van der Waals surface area contributed by atoms with Crippen LogP contribution in [0.15, 0.2) is 146 Å². The molecule has 0 bridgehead atoms. The van der Waals surface area contributed by atoms with Crippen LogP contribution in [0.3, 0.4) is 0 Å². The van der Waals surface area contributed by atoms with Gasteiger partial charge >= 0.3 is 22.1 Å². The fraction of sp³-hybridized carbons (Fsp3) is 0.333. The van der Waals surface area contributed by atoms with Crippen molar-refractivity contribution in [2.24, 2.45) is 35.5 Å². The van der Waals surface area contributed by atoms with E-state index in [2.05, 4.69) is 161 Å². The van der Waals surface area contributed by atoms with Crippen LogP contribution in [-0.2, 0) is 20.9 Å². The van der Waals surface area contributed by atoms with Gasteiger partial charge in [-0.1, -0.05) is 161 Å². The van der Waals surface area contributed by atoms with Crippen molar-refractivity contribution in [3.8, 4) is 22.3 Å². The molecule has 6 atom stereocenters. The molecule has 2 amide bonds. The molecule has 10 rings (SSSR count). The predicted molar refractivity (Wildman–Crippen MR) is 275 cm³/mol. The number of fused-ring (bicyclic) bond motifs is 3. The minimum Gasteiger partial charge on any atom is -0.349 e. The van der Waals surface area contributed by atoms with Gasteiger partial charge in [-0.15, -0.1) is 0 Å². The van der Waals surface area contributed by atoms with E-state index in [1.807, 2.05) is 36.4 Å². The van der Waals surface area contributed by atoms with Crippen LogP contribution < -0.4 is 29.4 Å². The summed E-state index contributed by atoms with van der Waals surface area (Å²) in [6.45, 7) is 13.2. The second-order valence-corrected chi connectivity index (χ2v) is 20.7. The number of nitrogens with zero attached hydrogens (tertiary/aromatic N) is 2. The number of hydrogen-bond acceptors (Lipinski definition) is 2. The van der Waals surface area contributed by atoms with E-state index >= 15 is 0 Å². The molecule has 2 saturated carbocycles. The second kappa shape index (κ2) is 18.7. The van der Waals surface area contributed by atoms with Crippen LogP contribution in [-0.4, -0.2) is 11.8 Å². The van der Waals surface area contributed by atoms with Crippen molar-refractivity contribution < 1.29 is 9.59 Å². The number of carbonyl (C=O) groups excluding carboxylic acids is 2. The third-order valence-corrected chi connectivity index (χ3v) is 16.3. The molecular formula is C60H62N4O2S+2. The third-order valence-electron chi connectivity index (χ3n) is 15.7. The molecule has 3 aliphatic rings. The predicted octanol–water partition coefficient (Wildman–Crippen LogP) is 11.5. The summed E-state index contributed by atoms with van der Waals surface area (Å²) in [6.07, 6.45) is 3.80. The van der Waals surface area contributed by atoms with Crippen LogP contribution in [0.5, 0.6) is 0 Å². The lowest BCUT2D eigenvalue weighted by Gasteiger charge is -2.39. The SMILES string of the molecule is CC1CC(c2cccc3cccc(-c4ccc(-c5cccc6cccc(C7CC(C)C(C(=O)N[C@H](C)c8ccccc8)C(C)C7)c56)c5c4=[N+]=S=[N+]=5)c23)CC(C)C1C(=O)N[C@H](C)c1ccccc1. The van der Waals surface area contributed by atoms with E-state index in [1.165, 1.54) is 55.2 Å². The highest BCUT2D eigenvalue weighted by atomic mass is 32.1. The van der Waals surface area contributed by atoms with Crippen LogP contribution in [0.2, 0.25) is 0 Å². The highest BCUT2D eigenvalue weighted by Gasteiger charge is 2.41. The van der Waals surface area contributed by atoms with Crippen LogP contribution in [0.25, 0.3) is 43.8 Å². The zero-order valence-corrected chi connectivity index (χ0v) is 40.4. The Morgan fingerprint density at radius 2 is 0.821 bits per heavy atom. The molecule has 7 aromatic rings. The fourth-order valence-electron chi connectivity index (χ4n) is 12.7. The summed E-state index contributed by atoms with van der Waals surface area (Å²) in [6, 6.07) is 51.8. The Labute approximate surface area is 398 Å². The molecule has 0 spiro atoms. The monoisotopic (exact) mass is 902 g/mol. The lowest BCUT2D eigenvalue weighted by molar-refractivity contribution is -0.131. The number of benzene rings is 7. The van der Waals surface area contributed by atoms with E-state index in [-0.39, 0.29) is 59.4 Å². The van der Waals surface area contributed by atoms with Gasteiger partial charge in [-0.05, 0) is 142 Å². The molecule has 0 radical (unpaired) electrons. The number of nitrogens with one attached hydrogen (secondary N) is 2. The molecule has 4 unspecified atom stereocenters. The van der Waals surface area contributed by atoms with E-state index < -0.39 is 0 Å². The molecule has 67 heavy (non-hydrogen) atoms. The topological polar surface area (TPSA) is 86.4 Å². The van der Waals surface area contributed by atoms with Gasteiger partial charge in [0.25, 0.3) is 0 Å². The third kappa shape index (κ3) is 8.50. The van der Waals surface area contributed by atoms with Gasteiger partial charge in [0.1, 0.15) is 0 Å². The van der Waals surface area contributed by atoms with Crippen molar-refractivity contribution in [1.29, 1.82) is 0 Å². The molecule has 7 heteroatoms. The number of hydrogen-bond donors (Lipinski definition) is 2. The van der Waals surface area contributed by atoms with E-state index in [1.54, 1.807) is 0 Å². The normalized spacial score (nSPS) is 24.1. The van der Waals surface area contributed by atoms with Crippen molar-refractivity contribution in [2.45, 2.75) is 91.1 Å². The second-order valence-electron chi connectivity index (χ2n) is 20.2. The van der Waals surface area contributed by atoms with Gasteiger partial charge in [0.15, 0.2) is 0 Å². The lowest BCUT2D eigenvalue weighted by atomic mass is 9.66. The Balaban J connectivity index is 0.955. The van der Waals surface area contributed by atoms with Gasteiger partial charge in [0, 0.05) is 11.8 Å². The standard InChI is InChI=1S/C60H60N4O2S/c1-35-31-45(32-36(2)53(35)59(65)61-39(5)41-17-9-7-10-18-41)47-25-13-21-43-23-15-27-49(55(43)47)51-29-30-52(58-57(51)63-67-64-58)50-28-16-24-44-22-14-26-48(56(44)50)46-33-37(3)54(38(4)34-46)60(66)62-40(6)42-19-11-8-12-20-42/h7-30,35-40,45-46,53-54H,31-34H2,1-6H3/p+2/t35?,36?,37?,38?,39-,40-,45?,46?,53?,54?/m1/s1. The molecule has 338 valence electrons. The summed E-state index contributed by atoms with van der Waals surface area (Å²) >= 11 is 1.28. The fourth-order valence-corrected chi connectivity index (χ4v) is 13.3. The van der Waals surface area contributed by atoms with Crippen LogP contribution in [0.1, 0.15) is 113 Å². The molecule has 2 N–H and O–H groups in total. The molecule has 0 aromatic heterocycles. The van der Waals surface area contributed by atoms with Gasteiger partial charge in [-0.3, -0.25) is 9.59 Å². The minimum absolute atomic E-state index is 0.0361. The van der Waals surface area contributed by atoms with Crippen LogP contribution in [0.4, 0.5) is 0 Å². The maximum Gasteiger partial charge on any atom is 0.700 e. The van der Waals surface area contributed by atoms with Gasteiger partial charge in [-0.2, -0.15) is 0 Å². The number of amides is 2. The Morgan fingerprint density at radius 1 is 0.463 bits per heavy atom. The average Bonchev–Trinajstić information content (AvgIpc) is 3.84. The van der Waals surface area contributed by atoms with Gasteiger partial charge in [0.05, 0.1) is 31.3 Å². The zero-order valence-electron chi connectivity index (χ0n) is 39.6. The number of rotatable bonds is 10. The molecule has 1 aliphatic heterocycles. The molecule has 2 fully saturated rings. The maximum absolute atomic E-state index is 13.9. The molecule has 0 saturated heterocycles. The van der Waals surface area contributed by atoms with Crippen molar-refractivity contribution in [2.75, 3.05) is 0 Å². The molecule has 1 heterocycles. The van der Waals surface area contributed by atoms with E-state index in [9.17, 15) is 9.59 Å². The molecular weight excluding hydrogens is 841 g/mol. The highest BCUT2D eigenvalue weighted by molar-refractivity contribution is 7.55. The Bertz CT molecular complexity index is 3000. The molecule has 7 aromatic carbocycles. The smallest absolute Gasteiger partial charge is 0.349 e. The highest BCUT2D eigenvalue weighted by Crippen LogP contribution is 2.48. The average molecular weight is 903 g/mol. The molecule has 2 aliphatic carbocycles. The summed E-state index contributed by atoms with van der Waals surface area (Å²) in [5.74, 6) is 1.80. The maximum atomic E-state index is 13.9. The summed E-state index contributed by atoms with van der Waals surface area (Å²) in [5.41, 5.74) is 9.49. The van der Waals surface area contributed by atoms with E-state index in [4.69, 9.17) is 8.08 Å². The van der Waals surface area contributed by atoms with Gasteiger partial charge in [0.2, 0.25) is 11.8 Å². The largest absolute Gasteiger partial charge is 0.700 e. The first-order valence-electron chi connectivity index (χ1n) is 24.6. The van der Waals surface area contributed by atoms with Crippen molar-refractivity contribution in [3.05, 3.63) is 179 Å². The Morgan fingerprint density at radius 3 is 1.19 bits per heavy atom. The first kappa shape index (κ1) is 44.5. The zero-order chi connectivity index (χ0) is 46.3. The quantitative estimate of drug-likeness (QED) is 0.134. The minimum atomic E-state index is -0.0397.